The maximum absolute atomic E-state index is 13.0. The second-order valence-electron chi connectivity index (χ2n) is 7.84. The molecule has 3 aromatic carbocycles. The van der Waals surface area contributed by atoms with Gasteiger partial charge in [-0.05, 0) is 42.6 Å². The van der Waals surface area contributed by atoms with Crippen LogP contribution in [0.4, 0.5) is 0 Å². The zero-order chi connectivity index (χ0) is 22.7. The van der Waals surface area contributed by atoms with Crippen LogP contribution in [0.25, 0.3) is 10.8 Å². The summed E-state index contributed by atoms with van der Waals surface area (Å²) in [5.41, 5.74) is 0. The van der Waals surface area contributed by atoms with Crippen molar-refractivity contribution in [2.45, 2.75) is 24.2 Å². The van der Waals surface area contributed by atoms with Gasteiger partial charge in [-0.3, -0.25) is 4.90 Å². The van der Waals surface area contributed by atoms with Crippen LogP contribution in [-0.2, 0) is 10.0 Å². The van der Waals surface area contributed by atoms with Crippen LogP contribution < -0.4 is 9.47 Å². The first-order chi connectivity index (χ1) is 15.4. The molecule has 1 aliphatic rings. The number of ether oxygens (including phenoxy) is 2. The second-order valence-corrected chi connectivity index (χ2v) is 9.78. The molecule has 4 rings (SSSR count). The van der Waals surface area contributed by atoms with E-state index in [1.54, 1.807) is 38.3 Å². The Hall–Kier alpha value is -2.65. The van der Waals surface area contributed by atoms with Gasteiger partial charge in [-0.1, -0.05) is 36.4 Å². The van der Waals surface area contributed by atoms with Crippen molar-refractivity contribution in [2.75, 3.05) is 33.3 Å². The van der Waals surface area contributed by atoms with Crippen LogP contribution >= 0.6 is 0 Å². The minimum Gasteiger partial charge on any atom is -0.497 e. The Morgan fingerprint density at radius 1 is 0.906 bits per heavy atom. The lowest BCUT2D eigenvalue weighted by atomic mass is 10.1. The fourth-order valence-corrected chi connectivity index (χ4v) is 5.42. The monoisotopic (exact) mass is 456 g/mol. The second kappa shape index (κ2) is 9.46. The molecule has 2 atom stereocenters. The fraction of sp³-hybridized carbons (Fsp3) is 0.333. The van der Waals surface area contributed by atoms with E-state index in [1.807, 2.05) is 47.4 Å². The van der Waals surface area contributed by atoms with Crippen molar-refractivity contribution in [1.82, 2.24) is 9.21 Å². The number of hydrogen-bond donors (Lipinski definition) is 1. The van der Waals surface area contributed by atoms with E-state index in [-0.39, 0.29) is 4.90 Å². The molecule has 1 heterocycles. The van der Waals surface area contributed by atoms with Gasteiger partial charge in [0.25, 0.3) is 0 Å². The van der Waals surface area contributed by atoms with Crippen LogP contribution in [0.1, 0.15) is 6.92 Å². The number of methoxy groups -OCH3 is 1. The average Bonchev–Trinajstić information content (AvgIpc) is 2.82. The molecule has 8 heteroatoms. The van der Waals surface area contributed by atoms with Gasteiger partial charge in [-0.2, -0.15) is 4.31 Å². The third-order valence-corrected chi connectivity index (χ3v) is 7.65. The third-order valence-electron chi connectivity index (χ3n) is 5.74. The average molecular weight is 457 g/mol. The number of aliphatic hydroxyl groups excluding tert-OH is 1. The smallest absolute Gasteiger partial charge is 0.243 e. The molecule has 1 N–H and O–H groups in total. The Morgan fingerprint density at radius 3 is 2.22 bits per heavy atom. The number of hydrogen-bond acceptors (Lipinski definition) is 6. The van der Waals surface area contributed by atoms with Gasteiger partial charge in [0.15, 0.2) is 6.23 Å². The quantitative estimate of drug-likeness (QED) is 0.589. The van der Waals surface area contributed by atoms with Crippen molar-refractivity contribution in [3.8, 4) is 11.5 Å². The number of nitrogens with zero attached hydrogens (tertiary/aromatic N) is 2. The Kier molecular flexibility index (Phi) is 6.66. The van der Waals surface area contributed by atoms with Crippen molar-refractivity contribution in [3.63, 3.8) is 0 Å². The molecule has 1 fully saturated rings. The van der Waals surface area contributed by atoms with Crippen molar-refractivity contribution in [3.05, 3.63) is 66.7 Å². The topological polar surface area (TPSA) is 79.3 Å². The minimum atomic E-state index is -3.60. The molecule has 32 heavy (non-hydrogen) atoms. The zero-order valence-electron chi connectivity index (χ0n) is 18.2. The normalized spacial score (nSPS) is 17.7. The first-order valence-corrected chi connectivity index (χ1v) is 12.0. The van der Waals surface area contributed by atoms with Crippen molar-refractivity contribution < 1.29 is 23.0 Å². The van der Waals surface area contributed by atoms with Crippen LogP contribution in [0.3, 0.4) is 0 Å². The summed E-state index contributed by atoms with van der Waals surface area (Å²) < 4.78 is 38.9. The SMILES string of the molecule is COc1ccc(S(=O)(=O)N2CCN(C(Oc3cccc4ccccc34)C(C)O)CC2)cc1. The maximum Gasteiger partial charge on any atom is 0.243 e. The molecule has 7 nitrogen and oxygen atoms in total. The third kappa shape index (κ3) is 4.59. The molecule has 2 unspecified atom stereocenters. The van der Waals surface area contributed by atoms with Gasteiger partial charge < -0.3 is 14.6 Å². The van der Waals surface area contributed by atoms with Crippen LogP contribution in [-0.4, -0.2) is 68.4 Å². The highest BCUT2D eigenvalue weighted by atomic mass is 32.2. The van der Waals surface area contributed by atoms with Crippen LogP contribution in [0.5, 0.6) is 11.5 Å². The van der Waals surface area contributed by atoms with E-state index in [4.69, 9.17) is 9.47 Å². The Labute approximate surface area is 188 Å². The number of piperazine rings is 1. The van der Waals surface area contributed by atoms with Gasteiger partial charge in [0.2, 0.25) is 10.0 Å². The van der Waals surface area contributed by atoms with Gasteiger partial charge in [0, 0.05) is 31.6 Å². The summed E-state index contributed by atoms with van der Waals surface area (Å²) in [5.74, 6) is 1.31. The highest BCUT2D eigenvalue weighted by Gasteiger charge is 2.33. The lowest BCUT2D eigenvalue weighted by molar-refractivity contribution is -0.0676. The molecule has 170 valence electrons. The molecule has 0 aromatic heterocycles. The number of sulfonamides is 1. The lowest BCUT2D eigenvalue weighted by Gasteiger charge is -2.39. The highest BCUT2D eigenvalue weighted by molar-refractivity contribution is 7.89. The molecule has 0 radical (unpaired) electrons. The fourth-order valence-electron chi connectivity index (χ4n) is 4.00. The molecule has 0 aliphatic carbocycles. The molecule has 1 saturated heterocycles. The summed E-state index contributed by atoms with van der Waals surface area (Å²) in [5, 5.41) is 12.5. The van der Waals surface area contributed by atoms with Gasteiger partial charge >= 0.3 is 0 Å². The maximum atomic E-state index is 13.0. The molecule has 0 amide bonds. The van der Waals surface area contributed by atoms with Crippen LogP contribution in [0, 0.1) is 0 Å². The van der Waals surface area contributed by atoms with Crippen LogP contribution in [0.15, 0.2) is 71.6 Å². The highest BCUT2D eigenvalue weighted by Crippen LogP contribution is 2.28. The molecular formula is C24H28N2O5S. The summed E-state index contributed by atoms with van der Waals surface area (Å²) in [6, 6.07) is 20.2. The van der Waals surface area contributed by atoms with Crippen LogP contribution in [0.2, 0.25) is 0 Å². The Morgan fingerprint density at radius 2 is 1.56 bits per heavy atom. The Bertz CT molecular complexity index is 1150. The minimum absolute atomic E-state index is 0.242. The molecule has 3 aromatic rings. The molecule has 0 bridgehead atoms. The first kappa shape index (κ1) is 22.5. The van der Waals surface area contributed by atoms with E-state index >= 15 is 0 Å². The van der Waals surface area contributed by atoms with Crippen molar-refractivity contribution >= 4 is 20.8 Å². The number of aliphatic hydroxyl groups is 1. The Balaban J connectivity index is 1.47. The zero-order valence-corrected chi connectivity index (χ0v) is 19.0. The molecule has 0 spiro atoms. The van der Waals surface area contributed by atoms with E-state index in [9.17, 15) is 13.5 Å². The lowest BCUT2D eigenvalue weighted by Crippen LogP contribution is -2.56. The first-order valence-electron chi connectivity index (χ1n) is 10.6. The van der Waals surface area contributed by atoms with E-state index in [0.29, 0.717) is 37.7 Å². The predicted octanol–water partition coefficient (Wildman–Crippen LogP) is 2.94. The summed E-state index contributed by atoms with van der Waals surface area (Å²) in [6.45, 7) is 3.23. The van der Waals surface area contributed by atoms with Gasteiger partial charge in [0.1, 0.15) is 17.6 Å². The summed E-state index contributed by atoms with van der Waals surface area (Å²) in [6.07, 6.45) is -1.33. The van der Waals surface area contributed by atoms with Crippen molar-refractivity contribution in [1.29, 1.82) is 0 Å². The van der Waals surface area contributed by atoms with Gasteiger partial charge in [0.05, 0.1) is 12.0 Å². The largest absolute Gasteiger partial charge is 0.497 e. The standard InChI is InChI=1S/C24H28N2O5S/c1-18(27)24(31-23-9-5-7-19-6-3-4-8-22(19)23)25-14-16-26(17-15-25)32(28,29)21-12-10-20(30-2)11-13-21/h3-13,18,24,27H,14-17H2,1-2H3. The number of benzene rings is 3. The summed E-state index contributed by atoms with van der Waals surface area (Å²) in [4.78, 5) is 2.23. The summed E-state index contributed by atoms with van der Waals surface area (Å²) in [7, 11) is -2.05. The molecular weight excluding hydrogens is 428 g/mol. The molecule has 0 saturated carbocycles. The van der Waals surface area contributed by atoms with E-state index in [2.05, 4.69) is 0 Å². The van der Waals surface area contributed by atoms with E-state index < -0.39 is 22.4 Å². The number of fused-ring (bicyclic) bond motifs is 1. The van der Waals surface area contributed by atoms with Gasteiger partial charge in [-0.25, -0.2) is 8.42 Å². The predicted molar refractivity (Wildman–Crippen MR) is 123 cm³/mol. The molecule has 1 aliphatic heterocycles. The van der Waals surface area contributed by atoms with Crippen molar-refractivity contribution in [2.24, 2.45) is 0 Å². The van der Waals surface area contributed by atoms with E-state index in [1.165, 1.54) is 4.31 Å². The van der Waals surface area contributed by atoms with E-state index in [0.717, 1.165) is 10.8 Å². The summed E-state index contributed by atoms with van der Waals surface area (Å²) >= 11 is 0. The number of rotatable bonds is 7. The van der Waals surface area contributed by atoms with Gasteiger partial charge in [-0.15, -0.1) is 0 Å².